The average Bonchev–Trinajstić information content (AvgIpc) is 2.50. The van der Waals surface area contributed by atoms with Crippen LogP contribution >= 0.6 is 27.3 Å². The zero-order valence-corrected chi connectivity index (χ0v) is 11.9. The number of hydrogen-bond acceptors (Lipinski definition) is 3. The van der Waals surface area contributed by atoms with E-state index in [0.717, 1.165) is 6.42 Å². The van der Waals surface area contributed by atoms with Crippen molar-refractivity contribution in [1.29, 1.82) is 0 Å². The molecule has 0 aliphatic rings. The summed E-state index contributed by atoms with van der Waals surface area (Å²) >= 11 is 4.43. The first-order valence-corrected chi connectivity index (χ1v) is 7.81. The van der Waals surface area contributed by atoms with Crippen molar-refractivity contribution >= 4 is 37.3 Å². The first-order chi connectivity index (χ1) is 6.93. The average molecular weight is 312 g/mol. The second-order valence-corrected chi connectivity index (χ2v) is 7.37. The summed E-state index contributed by atoms with van der Waals surface area (Å²) in [5.74, 6) is 0.500. The van der Waals surface area contributed by atoms with Gasteiger partial charge < -0.3 is 0 Å². The summed E-state index contributed by atoms with van der Waals surface area (Å²) in [6.45, 7) is 4.62. The molecule has 1 aromatic heterocycles. The number of thiophene rings is 1. The highest BCUT2D eigenvalue weighted by Gasteiger charge is 2.18. The van der Waals surface area contributed by atoms with Crippen molar-refractivity contribution in [3.63, 3.8) is 0 Å². The molecular formula is C9H14BrNO2S2. The molecule has 0 aromatic carbocycles. The molecule has 1 rings (SSSR count). The molecule has 0 aliphatic heterocycles. The van der Waals surface area contributed by atoms with Crippen LogP contribution in [0.5, 0.6) is 0 Å². The molecule has 0 saturated carbocycles. The van der Waals surface area contributed by atoms with E-state index in [-0.39, 0.29) is 0 Å². The van der Waals surface area contributed by atoms with Gasteiger partial charge in [-0.3, -0.25) is 0 Å². The van der Waals surface area contributed by atoms with Gasteiger partial charge in [-0.2, -0.15) is 0 Å². The molecule has 0 spiro atoms. The molecule has 86 valence electrons. The smallest absolute Gasteiger partial charge is 0.210 e. The Labute approximate surface area is 103 Å². The standard InChI is InChI=1S/C9H14BrNO2S2/c1-7(2)3-5-11-15(12,13)9-8(10)4-6-14-9/h4,6-7,11H,3,5H2,1-2H3. The van der Waals surface area contributed by atoms with Gasteiger partial charge in [0, 0.05) is 11.0 Å². The van der Waals surface area contributed by atoms with E-state index in [1.54, 1.807) is 11.4 Å². The Kier molecular flexibility index (Phi) is 4.76. The van der Waals surface area contributed by atoms with E-state index in [9.17, 15) is 8.42 Å². The molecule has 0 aliphatic carbocycles. The largest absolute Gasteiger partial charge is 0.251 e. The molecule has 0 bridgehead atoms. The normalized spacial score (nSPS) is 12.3. The quantitative estimate of drug-likeness (QED) is 0.909. The summed E-state index contributed by atoms with van der Waals surface area (Å²) in [6, 6.07) is 1.74. The van der Waals surface area contributed by atoms with Crippen LogP contribution in [0.15, 0.2) is 20.1 Å². The molecular weight excluding hydrogens is 298 g/mol. The monoisotopic (exact) mass is 311 g/mol. The lowest BCUT2D eigenvalue weighted by Crippen LogP contribution is -2.25. The molecule has 0 atom stereocenters. The Morgan fingerprint density at radius 1 is 1.53 bits per heavy atom. The molecule has 1 N–H and O–H groups in total. The number of hydrogen-bond donors (Lipinski definition) is 1. The van der Waals surface area contributed by atoms with Crippen LogP contribution in [0.3, 0.4) is 0 Å². The highest BCUT2D eigenvalue weighted by molar-refractivity contribution is 9.10. The highest BCUT2D eigenvalue weighted by atomic mass is 79.9. The van der Waals surface area contributed by atoms with Crippen LogP contribution in [0.25, 0.3) is 0 Å². The van der Waals surface area contributed by atoms with Gasteiger partial charge in [0.25, 0.3) is 10.0 Å². The van der Waals surface area contributed by atoms with Gasteiger partial charge >= 0.3 is 0 Å². The first-order valence-electron chi connectivity index (χ1n) is 4.66. The van der Waals surface area contributed by atoms with E-state index in [4.69, 9.17) is 0 Å². The Balaban J connectivity index is 2.65. The second-order valence-electron chi connectivity index (χ2n) is 3.64. The summed E-state index contributed by atoms with van der Waals surface area (Å²) in [5, 5.41) is 1.75. The van der Waals surface area contributed by atoms with Gasteiger partial charge in [-0.15, -0.1) is 11.3 Å². The fraction of sp³-hybridized carbons (Fsp3) is 0.556. The van der Waals surface area contributed by atoms with Crippen molar-refractivity contribution < 1.29 is 8.42 Å². The van der Waals surface area contributed by atoms with E-state index in [0.29, 0.717) is 21.1 Å². The number of halogens is 1. The lowest BCUT2D eigenvalue weighted by molar-refractivity contribution is 0.552. The molecule has 1 aromatic rings. The maximum absolute atomic E-state index is 11.8. The molecule has 1 heterocycles. The van der Waals surface area contributed by atoms with Crippen LogP contribution < -0.4 is 4.72 Å². The van der Waals surface area contributed by atoms with Gasteiger partial charge in [0.05, 0.1) is 0 Å². The third-order valence-corrected chi connectivity index (χ3v) is 5.97. The van der Waals surface area contributed by atoms with E-state index >= 15 is 0 Å². The fourth-order valence-corrected chi connectivity index (χ4v) is 4.45. The molecule has 3 nitrogen and oxygen atoms in total. The fourth-order valence-electron chi connectivity index (χ4n) is 1.02. The number of rotatable bonds is 5. The minimum atomic E-state index is -3.32. The Morgan fingerprint density at radius 2 is 2.20 bits per heavy atom. The van der Waals surface area contributed by atoms with Crippen LogP contribution in [0.4, 0.5) is 0 Å². The predicted molar refractivity (Wildman–Crippen MR) is 66.7 cm³/mol. The van der Waals surface area contributed by atoms with Crippen LogP contribution in [-0.4, -0.2) is 15.0 Å². The Hall–Kier alpha value is 0.0900. The zero-order valence-electron chi connectivity index (χ0n) is 8.66. The summed E-state index contributed by atoms with van der Waals surface area (Å²) in [6.07, 6.45) is 0.849. The second kappa shape index (κ2) is 5.43. The third kappa shape index (κ3) is 3.86. The molecule has 6 heteroatoms. The summed E-state index contributed by atoms with van der Waals surface area (Å²) in [4.78, 5) is 0. The van der Waals surface area contributed by atoms with E-state index in [2.05, 4.69) is 34.5 Å². The van der Waals surface area contributed by atoms with Crippen molar-refractivity contribution in [3.8, 4) is 0 Å². The van der Waals surface area contributed by atoms with Gasteiger partial charge in [0.2, 0.25) is 0 Å². The maximum atomic E-state index is 11.8. The minimum absolute atomic E-state index is 0.353. The Morgan fingerprint density at radius 3 is 2.67 bits per heavy atom. The summed E-state index contributed by atoms with van der Waals surface area (Å²) < 4.78 is 27.1. The predicted octanol–water partition coefficient (Wildman–Crippen LogP) is 2.84. The topological polar surface area (TPSA) is 46.2 Å². The van der Waals surface area contributed by atoms with Gasteiger partial charge in [0.15, 0.2) is 0 Å². The first kappa shape index (κ1) is 13.2. The van der Waals surface area contributed by atoms with Crippen LogP contribution in [0.2, 0.25) is 0 Å². The number of sulfonamides is 1. The van der Waals surface area contributed by atoms with E-state index in [1.165, 1.54) is 11.3 Å². The lowest BCUT2D eigenvalue weighted by atomic mass is 10.1. The van der Waals surface area contributed by atoms with Crippen molar-refractivity contribution in [3.05, 3.63) is 15.9 Å². The zero-order chi connectivity index (χ0) is 11.5. The van der Waals surface area contributed by atoms with Gasteiger partial charge in [-0.05, 0) is 39.7 Å². The van der Waals surface area contributed by atoms with Crippen molar-refractivity contribution in [1.82, 2.24) is 4.72 Å². The molecule has 0 saturated heterocycles. The SMILES string of the molecule is CC(C)CCNS(=O)(=O)c1sccc1Br. The molecule has 15 heavy (non-hydrogen) atoms. The molecule has 0 fully saturated rings. The van der Waals surface area contributed by atoms with Gasteiger partial charge in [-0.1, -0.05) is 13.8 Å². The molecule has 0 radical (unpaired) electrons. The molecule has 0 amide bonds. The highest BCUT2D eigenvalue weighted by Crippen LogP contribution is 2.27. The Bertz CT molecular complexity index is 412. The third-order valence-electron chi connectivity index (χ3n) is 1.84. The van der Waals surface area contributed by atoms with Crippen LogP contribution in [0.1, 0.15) is 20.3 Å². The van der Waals surface area contributed by atoms with Crippen LogP contribution in [-0.2, 0) is 10.0 Å². The van der Waals surface area contributed by atoms with E-state index in [1.807, 2.05) is 0 Å². The molecule has 0 unspecified atom stereocenters. The van der Waals surface area contributed by atoms with Crippen molar-refractivity contribution in [2.75, 3.05) is 6.54 Å². The van der Waals surface area contributed by atoms with Crippen LogP contribution in [0, 0.1) is 5.92 Å². The van der Waals surface area contributed by atoms with E-state index < -0.39 is 10.0 Å². The van der Waals surface area contributed by atoms with Gasteiger partial charge in [0.1, 0.15) is 4.21 Å². The number of nitrogens with one attached hydrogen (secondary N) is 1. The lowest BCUT2D eigenvalue weighted by Gasteiger charge is -2.06. The van der Waals surface area contributed by atoms with Gasteiger partial charge in [-0.25, -0.2) is 13.1 Å². The summed E-state index contributed by atoms with van der Waals surface area (Å²) in [5.41, 5.74) is 0. The minimum Gasteiger partial charge on any atom is -0.210 e. The van der Waals surface area contributed by atoms with Crippen molar-refractivity contribution in [2.24, 2.45) is 5.92 Å². The summed E-state index contributed by atoms with van der Waals surface area (Å²) in [7, 11) is -3.32. The van der Waals surface area contributed by atoms with Crippen molar-refractivity contribution in [2.45, 2.75) is 24.5 Å². The maximum Gasteiger partial charge on any atom is 0.251 e.